The van der Waals surface area contributed by atoms with Crippen LogP contribution in [0.1, 0.15) is 69.5 Å². The second kappa shape index (κ2) is 11.3. The summed E-state index contributed by atoms with van der Waals surface area (Å²) in [5.41, 5.74) is 13.1. The standard InChI is InChI=1S/C44H35N3S/c1-3-12-28(13-4-1)30-22-25-39-37(27-30)34-23-24-35-33-18-8-10-21-40(33)48-43(35)42(34)47(39)32-17-11-16-31(26-32)44-45-38-20-9-7-19-36(38)41(46-44)29-14-5-2-6-15-29/h1-17,19-26,30,33,41,44-46H,18,27H2. The van der Waals surface area contributed by atoms with Gasteiger partial charge in [-0.2, -0.15) is 0 Å². The van der Waals surface area contributed by atoms with Crippen LogP contribution < -0.4 is 10.6 Å². The maximum absolute atomic E-state index is 3.96. The molecule has 3 nitrogen and oxygen atoms in total. The maximum atomic E-state index is 3.96. The van der Waals surface area contributed by atoms with Gasteiger partial charge < -0.3 is 9.88 Å². The van der Waals surface area contributed by atoms with Crippen molar-refractivity contribution in [3.63, 3.8) is 0 Å². The zero-order chi connectivity index (χ0) is 31.6. The average molecular weight is 638 g/mol. The first-order valence-corrected chi connectivity index (χ1v) is 17.9. The molecule has 4 heteroatoms. The molecule has 2 aliphatic heterocycles. The number of nitrogens with one attached hydrogen (secondary N) is 2. The van der Waals surface area contributed by atoms with Gasteiger partial charge in [0.05, 0.1) is 11.6 Å². The number of aromatic nitrogens is 1. The highest BCUT2D eigenvalue weighted by Gasteiger charge is 2.34. The van der Waals surface area contributed by atoms with Gasteiger partial charge in [0, 0.05) is 39.2 Å². The van der Waals surface area contributed by atoms with Gasteiger partial charge in [-0.05, 0) is 75.4 Å². The van der Waals surface area contributed by atoms with E-state index in [9.17, 15) is 0 Å². The van der Waals surface area contributed by atoms with Crippen molar-refractivity contribution in [3.05, 3.63) is 190 Å². The Kier molecular flexibility index (Phi) is 6.60. The molecule has 4 unspecified atom stereocenters. The molecule has 4 aliphatic rings. The SMILES string of the molecule is C1=CCC2C(=C1)Sc1c2ccc2c3c(n(-c4cccc(C5Nc6ccccc6C(c6ccccc6)N5)c4)c12)C=CC(c1ccccc1)C3. The highest BCUT2D eigenvalue weighted by Crippen LogP contribution is 2.55. The van der Waals surface area contributed by atoms with E-state index in [1.54, 1.807) is 0 Å². The predicted molar refractivity (Wildman–Crippen MR) is 200 cm³/mol. The summed E-state index contributed by atoms with van der Waals surface area (Å²) >= 11 is 1.98. The zero-order valence-corrected chi connectivity index (χ0v) is 27.3. The van der Waals surface area contributed by atoms with Crippen LogP contribution in [0.3, 0.4) is 0 Å². The maximum Gasteiger partial charge on any atom is 0.104 e. The molecule has 3 heterocycles. The van der Waals surface area contributed by atoms with Crippen molar-refractivity contribution in [2.24, 2.45) is 0 Å². The number of fused-ring (bicyclic) bond motifs is 8. The van der Waals surface area contributed by atoms with Gasteiger partial charge in [0.15, 0.2) is 0 Å². The molecule has 4 atom stereocenters. The van der Waals surface area contributed by atoms with Gasteiger partial charge >= 0.3 is 0 Å². The highest BCUT2D eigenvalue weighted by atomic mass is 32.2. The topological polar surface area (TPSA) is 29.0 Å². The molecule has 0 radical (unpaired) electrons. The minimum Gasteiger partial charge on any atom is -0.366 e. The van der Waals surface area contributed by atoms with Crippen molar-refractivity contribution >= 4 is 34.4 Å². The number of benzene rings is 5. The quantitative estimate of drug-likeness (QED) is 0.202. The molecule has 2 N–H and O–H groups in total. The summed E-state index contributed by atoms with van der Waals surface area (Å²) < 4.78 is 2.56. The molecule has 6 aromatic rings. The molecular formula is C44H35N3S. The first kappa shape index (κ1) is 28.0. The third-order valence-corrected chi connectivity index (χ3v) is 11.9. The number of allylic oxidation sites excluding steroid dienone is 5. The van der Waals surface area contributed by atoms with E-state index in [4.69, 9.17) is 0 Å². The molecule has 0 saturated carbocycles. The van der Waals surface area contributed by atoms with Crippen molar-refractivity contribution in [2.75, 3.05) is 5.32 Å². The Bertz CT molecular complexity index is 2300. The van der Waals surface area contributed by atoms with Crippen LogP contribution in [0.4, 0.5) is 5.69 Å². The second-order valence-electron chi connectivity index (χ2n) is 13.3. The van der Waals surface area contributed by atoms with Crippen LogP contribution in [0.2, 0.25) is 0 Å². The molecule has 0 bridgehead atoms. The molecule has 1 aromatic heterocycles. The zero-order valence-electron chi connectivity index (χ0n) is 26.5. The third-order valence-electron chi connectivity index (χ3n) is 10.6. The molecule has 232 valence electrons. The molecule has 2 aliphatic carbocycles. The number of rotatable bonds is 4. The fourth-order valence-electron chi connectivity index (χ4n) is 8.30. The van der Waals surface area contributed by atoms with E-state index in [2.05, 4.69) is 167 Å². The van der Waals surface area contributed by atoms with Crippen LogP contribution in [0.25, 0.3) is 22.7 Å². The summed E-state index contributed by atoms with van der Waals surface area (Å²) in [6.45, 7) is 0. The first-order valence-electron chi connectivity index (χ1n) is 17.0. The summed E-state index contributed by atoms with van der Waals surface area (Å²) in [5.74, 6) is 0.828. The Morgan fingerprint density at radius 1 is 0.729 bits per heavy atom. The molecular weight excluding hydrogens is 603 g/mol. The molecule has 10 rings (SSSR count). The Morgan fingerprint density at radius 2 is 1.52 bits per heavy atom. The molecule has 5 aromatic carbocycles. The van der Waals surface area contributed by atoms with Crippen LogP contribution in [0.15, 0.2) is 155 Å². The van der Waals surface area contributed by atoms with Crippen LogP contribution in [0.5, 0.6) is 0 Å². The summed E-state index contributed by atoms with van der Waals surface area (Å²) in [6.07, 6.45) is 13.7. The lowest BCUT2D eigenvalue weighted by molar-refractivity contribution is 0.506. The molecule has 0 saturated heterocycles. The van der Waals surface area contributed by atoms with Gasteiger partial charge in [-0.15, -0.1) is 0 Å². The second-order valence-corrected chi connectivity index (χ2v) is 14.4. The van der Waals surface area contributed by atoms with Crippen LogP contribution in [-0.2, 0) is 6.42 Å². The number of para-hydroxylation sites is 1. The fraction of sp³-hybridized carbons (Fsp3) is 0.136. The summed E-state index contributed by atoms with van der Waals surface area (Å²) in [6, 6.07) is 44.6. The lowest BCUT2D eigenvalue weighted by Crippen LogP contribution is -2.37. The van der Waals surface area contributed by atoms with E-state index < -0.39 is 0 Å². The average Bonchev–Trinajstić information content (AvgIpc) is 3.71. The van der Waals surface area contributed by atoms with Gasteiger partial charge in [0.1, 0.15) is 6.17 Å². The summed E-state index contributed by atoms with van der Waals surface area (Å²) in [5, 5.41) is 9.17. The minimum absolute atomic E-state index is 0.0418. The van der Waals surface area contributed by atoms with Crippen molar-refractivity contribution < 1.29 is 0 Å². The Morgan fingerprint density at radius 3 is 2.40 bits per heavy atom. The number of hydrogen-bond donors (Lipinski definition) is 2. The Hall–Kier alpha value is -5.03. The lowest BCUT2D eigenvalue weighted by atomic mass is 9.86. The number of hydrogen-bond acceptors (Lipinski definition) is 3. The van der Waals surface area contributed by atoms with Crippen LogP contribution in [-0.4, -0.2) is 4.57 Å². The fourth-order valence-corrected chi connectivity index (χ4v) is 9.67. The summed E-state index contributed by atoms with van der Waals surface area (Å²) in [7, 11) is 0. The Labute approximate surface area is 285 Å². The summed E-state index contributed by atoms with van der Waals surface area (Å²) in [4.78, 5) is 2.89. The number of nitrogens with zero attached hydrogens (tertiary/aromatic N) is 1. The van der Waals surface area contributed by atoms with E-state index in [-0.39, 0.29) is 12.2 Å². The van der Waals surface area contributed by atoms with Crippen LogP contribution >= 0.6 is 11.8 Å². The van der Waals surface area contributed by atoms with Crippen molar-refractivity contribution in [2.45, 2.75) is 41.8 Å². The van der Waals surface area contributed by atoms with E-state index in [0.717, 1.165) is 12.8 Å². The van der Waals surface area contributed by atoms with Crippen molar-refractivity contribution in [1.29, 1.82) is 0 Å². The van der Waals surface area contributed by atoms with Crippen molar-refractivity contribution in [1.82, 2.24) is 9.88 Å². The molecule has 0 spiro atoms. The van der Waals surface area contributed by atoms with Gasteiger partial charge in [-0.3, -0.25) is 5.32 Å². The monoisotopic (exact) mass is 637 g/mol. The lowest BCUT2D eigenvalue weighted by Gasteiger charge is -2.35. The first-order chi connectivity index (χ1) is 23.8. The van der Waals surface area contributed by atoms with Crippen LogP contribution in [0, 0.1) is 0 Å². The van der Waals surface area contributed by atoms with Gasteiger partial charge in [0.25, 0.3) is 0 Å². The number of anilines is 1. The minimum atomic E-state index is -0.0418. The number of thioether (sulfide) groups is 1. The van der Waals surface area contributed by atoms with Gasteiger partial charge in [-0.25, -0.2) is 0 Å². The smallest absolute Gasteiger partial charge is 0.104 e. The molecule has 48 heavy (non-hydrogen) atoms. The Balaban J connectivity index is 1.12. The van der Waals surface area contributed by atoms with E-state index in [0.29, 0.717) is 11.8 Å². The van der Waals surface area contributed by atoms with Gasteiger partial charge in [0.2, 0.25) is 0 Å². The van der Waals surface area contributed by atoms with E-state index >= 15 is 0 Å². The van der Waals surface area contributed by atoms with Crippen molar-refractivity contribution in [3.8, 4) is 5.69 Å². The highest BCUT2D eigenvalue weighted by molar-refractivity contribution is 8.03. The van der Waals surface area contributed by atoms with E-state index in [1.807, 2.05) is 11.8 Å². The normalized spacial score (nSPS) is 22.0. The van der Waals surface area contributed by atoms with E-state index in [1.165, 1.54) is 71.2 Å². The molecule has 0 fully saturated rings. The third kappa shape index (κ3) is 4.47. The molecule has 0 amide bonds. The predicted octanol–water partition coefficient (Wildman–Crippen LogP) is 10.8. The van der Waals surface area contributed by atoms with Gasteiger partial charge in [-0.1, -0.05) is 139 Å². The largest absolute Gasteiger partial charge is 0.366 e.